The van der Waals surface area contributed by atoms with Crippen molar-refractivity contribution in [2.75, 3.05) is 6.61 Å². The molecule has 0 heterocycles. The lowest BCUT2D eigenvalue weighted by Gasteiger charge is -2.17. The topological polar surface area (TPSA) is 58.6 Å². The summed E-state index contributed by atoms with van der Waals surface area (Å²) >= 11 is 0. The molecule has 1 aromatic rings. The van der Waals surface area contributed by atoms with E-state index in [1.807, 2.05) is 0 Å². The van der Waals surface area contributed by atoms with Crippen LogP contribution in [0, 0.1) is 11.6 Å². The Labute approximate surface area is 104 Å². The standard InChI is InChI=1S/C12H15F2NO3/c1-7(2)15-11(12(16)17)6-18-10-4-8(13)3-9(14)5-10/h3-5,7,11,15H,6H2,1-2H3,(H,16,17). The fourth-order valence-corrected chi connectivity index (χ4v) is 1.38. The first-order chi connectivity index (χ1) is 8.38. The van der Waals surface area contributed by atoms with E-state index in [0.29, 0.717) is 6.07 Å². The van der Waals surface area contributed by atoms with Gasteiger partial charge in [0.15, 0.2) is 0 Å². The molecule has 0 aliphatic rings. The van der Waals surface area contributed by atoms with Gasteiger partial charge in [0.1, 0.15) is 30.0 Å². The summed E-state index contributed by atoms with van der Waals surface area (Å²) in [5.41, 5.74) is 0. The zero-order valence-electron chi connectivity index (χ0n) is 10.1. The molecular weight excluding hydrogens is 244 g/mol. The van der Waals surface area contributed by atoms with Crippen molar-refractivity contribution in [1.29, 1.82) is 0 Å². The summed E-state index contributed by atoms with van der Waals surface area (Å²) in [6.45, 7) is 3.37. The smallest absolute Gasteiger partial charge is 0.324 e. The van der Waals surface area contributed by atoms with Gasteiger partial charge in [0.2, 0.25) is 0 Å². The van der Waals surface area contributed by atoms with Crippen molar-refractivity contribution in [3.8, 4) is 5.75 Å². The molecule has 0 aliphatic heterocycles. The average Bonchev–Trinajstić information content (AvgIpc) is 2.21. The summed E-state index contributed by atoms with van der Waals surface area (Å²) in [5, 5.41) is 11.7. The minimum absolute atomic E-state index is 0.0377. The highest BCUT2D eigenvalue weighted by Crippen LogP contribution is 2.15. The lowest BCUT2D eigenvalue weighted by molar-refractivity contribution is -0.140. The molecule has 0 amide bonds. The molecule has 0 saturated carbocycles. The van der Waals surface area contributed by atoms with E-state index < -0.39 is 23.6 Å². The van der Waals surface area contributed by atoms with Crippen LogP contribution in [0.1, 0.15) is 13.8 Å². The highest BCUT2D eigenvalue weighted by molar-refractivity contribution is 5.73. The zero-order chi connectivity index (χ0) is 13.7. The van der Waals surface area contributed by atoms with Gasteiger partial charge in [-0.2, -0.15) is 0 Å². The van der Waals surface area contributed by atoms with Crippen molar-refractivity contribution >= 4 is 5.97 Å². The van der Waals surface area contributed by atoms with Crippen LogP contribution in [0.15, 0.2) is 18.2 Å². The van der Waals surface area contributed by atoms with Crippen LogP contribution in [0.4, 0.5) is 8.78 Å². The van der Waals surface area contributed by atoms with E-state index in [2.05, 4.69) is 5.32 Å². The van der Waals surface area contributed by atoms with Crippen LogP contribution in [0.25, 0.3) is 0 Å². The third-order valence-electron chi connectivity index (χ3n) is 2.09. The lowest BCUT2D eigenvalue weighted by atomic mass is 10.2. The Hall–Kier alpha value is -1.69. The largest absolute Gasteiger partial charge is 0.491 e. The summed E-state index contributed by atoms with van der Waals surface area (Å²) in [6, 6.07) is 1.73. The zero-order valence-corrected chi connectivity index (χ0v) is 10.1. The highest BCUT2D eigenvalue weighted by atomic mass is 19.1. The van der Waals surface area contributed by atoms with Gasteiger partial charge in [0.25, 0.3) is 0 Å². The number of hydrogen-bond acceptors (Lipinski definition) is 3. The van der Waals surface area contributed by atoms with E-state index in [1.54, 1.807) is 13.8 Å². The molecule has 0 spiro atoms. The summed E-state index contributed by atoms with van der Waals surface area (Å²) in [4.78, 5) is 10.9. The van der Waals surface area contributed by atoms with Gasteiger partial charge in [0, 0.05) is 24.2 Å². The molecule has 0 saturated heterocycles. The Morgan fingerprint density at radius 1 is 1.33 bits per heavy atom. The average molecular weight is 259 g/mol. The quantitative estimate of drug-likeness (QED) is 0.817. The Morgan fingerprint density at radius 3 is 2.33 bits per heavy atom. The third kappa shape index (κ3) is 4.67. The molecule has 1 unspecified atom stereocenters. The molecule has 0 radical (unpaired) electrons. The van der Waals surface area contributed by atoms with Gasteiger partial charge >= 0.3 is 5.97 Å². The van der Waals surface area contributed by atoms with Crippen molar-refractivity contribution < 1.29 is 23.4 Å². The maximum Gasteiger partial charge on any atom is 0.324 e. The van der Waals surface area contributed by atoms with Crippen molar-refractivity contribution in [2.45, 2.75) is 25.9 Å². The van der Waals surface area contributed by atoms with Gasteiger partial charge in [-0.25, -0.2) is 8.78 Å². The number of carboxylic acids is 1. The summed E-state index contributed by atoms with van der Waals surface area (Å²) in [7, 11) is 0. The van der Waals surface area contributed by atoms with Crippen molar-refractivity contribution in [3.05, 3.63) is 29.8 Å². The van der Waals surface area contributed by atoms with Crippen molar-refractivity contribution in [2.24, 2.45) is 0 Å². The lowest BCUT2D eigenvalue weighted by Crippen LogP contribution is -2.44. The minimum atomic E-state index is -1.08. The molecule has 18 heavy (non-hydrogen) atoms. The minimum Gasteiger partial charge on any atom is -0.491 e. The summed E-state index contributed by atoms with van der Waals surface area (Å²) < 4.78 is 30.8. The van der Waals surface area contributed by atoms with Crippen molar-refractivity contribution in [3.63, 3.8) is 0 Å². The number of ether oxygens (including phenoxy) is 1. The van der Waals surface area contributed by atoms with E-state index in [9.17, 15) is 13.6 Å². The number of nitrogens with one attached hydrogen (secondary N) is 1. The Balaban J connectivity index is 2.63. The molecule has 0 fully saturated rings. The number of halogens is 2. The van der Waals surface area contributed by atoms with Gasteiger partial charge in [-0.1, -0.05) is 13.8 Å². The maximum atomic E-state index is 12.9. The molecular formula is C12H15F2NO3. The number of benzene rings is 1. The number of carbonyl (C=O) groups is 1. The fraction of sp³-hybridized carbons (Fsp3) is 0.417. The summed E-state index contributed by atoms with van der Waals surface area (Å²) in [6.07, 6.45) is 0. The molecule has 1 atom stereocenters. The molecule has 0 aromatic heterocycles. The SMILES string of the molecule is CC(C)NC(COc1cc(F)cc(F)c1)C(=O)O. The second-order valence-corrected chi connectivity index (χ2v) is 4.13. The van der Waals surface area contributed by atoms with Crippen LogP contribution < -0.4 is 10.1 Å². The first kappa shape index (κ1) is 14.4. The molecule has 1 aromatic carbocycles. The molecule has 4 nitrogen and oxygen atoms in total. The first-order valence-corrected chi connectivity index (χ1v) is 5.46. The van der Waals surface area contributed by atoms with E-state index in [0.717, 1.165) is 12.1 Å². The summed E-state index contributed by atoms with van der Waals surface area (Å²) in [5.74, 6) is -2.66. The second kappa shape index (κ2) is 6.30. The van der Waals surface area contributed by atoms with E-state index >= 15 is 0 Å². The maximum absolute atomic E-state index is 12.9. The van der Waals surface area contributed by atoms with Gasteiger partial charge in [-0.05, 0) is 0 Å². The molecule has 0 bridgehead atoms. The predicted molar refractivity (Wildman–Crippen MR) is 61.5 cm³/mol. The molecule has 100 valence electrons. The first-order valence-electron chi connectivity index (χ1n) is 5.46. The Bertz CT molecular complexity index is 404. The van der Waals surface area contributed by atoms with E-state index in [-0.39, 0.29) is 18.4 Å². The third-order valence-corrected chi connectivity index (χ3v) is 2.09. The van der Waals surface area contributed by atoms with Crippen LogP contribution in [-0.4, -0.2) is 29.8 Å². The van der Waals surface area contributed by atoms with Crippen LogP contribution in [0.3, 0.4) is 0 Å². The molecule has 1 rings (SSSR count). The van der Waals surface area contributed by atoms with Crippen LogP contribution in [-0.2, 0) is 4.79 Å². The number of hydrogen-bond donors (Lipinski definition) is 2. The number of rotatable bonds is 6. The Kier molecular flexibility index (Phi) is 5.03. The molecule has 6 heteroatoms. The normalized spacial score (nSPS) is 12.5. The molecule has 0 aliphatic carbocycles. The van der Waals surface area contributed by atoms with E-state index in [4.69, 9.17) is 9.84 Å². The molecule has 2 N–H and O–H groups in total. The van der Waals surface area contributed by atoms with E-state index in [1.165, 1.54) is 0 Å². The van der Waals surface area contributed by atoms with Crippen molar-refractivity contribution in [1.82, 2.24) is 5.32 Å². The monoisotopic (exact) mass is 259 g/mol. The predicted octanol–water partition coefficient (Wildman–Crippen LogP) is 1.79. The van der Waals surface area contributed by atoms with Gasteiger partial charge in [0.05, 0.1) is 0 Å². The van der Waals surface area contributed by atoms with Gasteiger partial charge in [-0.15, -0.1) is 0 Å². The number of carboxylic acid groups (broad SMARTS) is 1. The number of aliphatic carboxylic acids is 1. The van der Waals surface area contributed by atoms with Gasteiger partial charge in [-0.3, -0.25) is 10.1 Å². The second-order valence-electron chi connectivity index (χ2n) is 4.13. The van der Waals surface area contributed by atoms with Gasteiger partial charge < -0.3 is 9.84 Å². The highest BCUT2D eigenvalue weighted by Gasteiger charge is 2.19. The van der Waals surface area contributed by atoms with Crippen LogP contribution in [0.5, 0.6) is 5.75 Å². The van der Waals surface area contributed by atoms with Crippen LogP contribution >= 0.6 is 0 Å². The fourth-order valence-electron chi connectivity index (χ4n) is 1.38. The Morgan fingerprint density at radius 2 is 1.89 bits per heavy atom. The van der Waals surface area contributed by atoms with Crippen LogP contribution in [0.2, 0.25) is 0 Å².